The molecule has 27 heavy (non-hydrogen) atoms. The Morgan fingerprint density at radius 2 is 2.11 bits per heavy atom. The lowest BCUT2D eigenvalue weighted by Gasteiger charge is -2.19. The highest BCUT2D eigenvalue weighted by atomic mass is 32.1. The van der Waals surface area contributed by atoms with Crippen molar-refractivity contribution in [3.05, 3.63) is 46.4 Å². The number of hydrogen-bond donors (Lipinski definition) is 0. The summed E-state index contributed by atoms with van der Waals surface area (Å²) < 4.78 is 2.54. The van der Waals surface area contributed by atoms with Gasteiger partial charge < -0.3 is 4.90 Å². The van der Waals surface area contributed by atoms with Gasteiger partial charge in [0.1, 0.15) is 0 Å². The maximum atomic E-state index is 4.88. The Morgan fingerprint density at radius 3 is 2.96 bits per heavy atom. The largest absolute Gasteiger partial charge is 0.300 e. The molecule has 3 nitrogen and oxygen atoms in total. The predicted molar refractivity (Wildman–Crippen MR) is 117 cm³/mol. The minimum Gasteiger partial charge on any atom is -0.300 e. The lowest BCUT2D eigenvalue weighted by molar-refractivity contribution is 0.272. The van der Waals surface area contributed by atoms with Crippen molar-refractivity contribution in [1.29, 1.82) is 0 Å². The minimum atomic E-state index is 0.731. The van der Waals surface area contributed by atoms with Crippen LogP contribution in [0.2, 0.25) is 0 Å². The van der Waals surface area contributed by atoms with Gasteiger partial charge in [-0.1, -0.05) is 12.1 Å². The first kappa shape index (κ1) is 17.3. The van der Waals surface area contributed by atoms with Crippen molar-refractivity contribution in [2.24, 2.45) is 0 Å². The molecule has 2 aromatic carbocycles. The third kappa shape index (κ3) is 3.18. The first-order valence-electron chi connectivity index (χ1n) is 9.66. The van der Waals surface area contributed by atoms with E-state index in [0.29, 0.717) is 0 Å². The first-order chi connectivity index (χ1) is 13.2. The smallest absolute Gasteiger partial charge is 0.0951 e. The van der Waals surface area contributed by atoms with E-state index in [9.17, 15) is 0 Å². The molecule has 138 valence electrons. The summed E-state index contributed by atoms with van der Waals surface area (Å²) in [5.74, 6) is 0. The standard InChI is InChI=1S/C22H23N3S2/c1-14-4-3-10-25(14)11-9-21-24-18-7-5-16(12-20(18)27-21)17-6-8-19-22(15(17)2)23-13-26-19/h5-8,12-14H,3-4,9-11H2,1-2H3. The van der Waals surface area contributed by atoms with Crippen LogP contribution in [0.1, 0.15) is 30.3 Å². The molecular formula is C22H23N3S2. The molecule has 0 spiro atoms. The quantitative estimate of drug-likeness (QED) is 0.432. The van der Waals surface area contributed by atoms with E-state index in [2.05, 4.69) is 54.1 Å². The fourth-order valence-corrected chi connectivity index (χ4v) is 5.92. The van der Waals surface area contributed by atoms with E-state index in [4.69, 9.17) is 4.98 Å². The number of fused-ring (bicyclic) bond motifs is 2. The molecule has 0 amide bonds. The maximum Gasteiger partial charge on any atom is 0.0951 e. The van der Waals surface area contributed by atoms with E-state index in [1.54, 1.807) is 11.3 Å². The summed E-state index contributed by atoms with van der Waals surface area (Å²) >= 11 is 3.55. The SMILES string of the molecule is Cc1c(-c2ccc3nc(CCN4CCCC4C)sc3c2)ccc2scnc12. The van der Waals surface area contributed by atoms with Gasteiger partial charge in [0.2, 0.25) is 0 Å². The summed E-state index contributed by atoms with van der Waals surface area (Å²) in [7, 11) is 0. The second-order valence-corrected chi connectivity index (χ2v) is 9.51. The van der Waals surface area contributed by atoms with Crippen LogP contribution < -0.4 is 0 Å². The van der Waals surface area contributed by atoms with Crippen LogP contribution in [0.25, 0.3) is 31.6 Å². The Hall–Kier alpha value is -1.82. The zero-order valence-electron chi connectivity index (χ0n) is 15.7. The molecule has 1 aliphatic rings. The average Bonchev–Trinajstić information content (AvgIpc) is 3.39. The van der Waals surface area contributed by atoms with Gasteiger partial charge in [0.25, 0.3) is 0 Å². The van der Waals surface area contributed by atoms with Crippen molar-refractivity contribution in [2.45, 2.75) is 39.2 Å². The van der Waals surface area contributed by atoms with Crippen molar-refractivity contribution in [3.8, 4) is 11.1 Å². The van der Waals surface area contributed by atoms with Crippen LogP contribution in [0.4, 0.5) is 0 Å². The van der Waals surface area contributed by atoms with Crippen LogP contribution in [-0.2, 0) is 6.42 Å². The third-order valence-corrected chi connectivity index (χ3v) is 7.67. The highest BCUT2D eigenvalue weighted by Gasteiger charge is 2.20. The topological polar surface area (TPSA) is 29.0 Å². The Balaban J connectivity index is 1.43. The zero-order valence-corrected chi connectivity index (χ0v) is 17.4. The van der Waals surface area contributed by atoms with Gasteiger partial charge in [0, 0.05) is 19.0 Å². The zero-order chi connectivity index (χ0) is 18.4. The molecule has 0 radical (unpaired) electrons. The van der Waals surface area contributed by atoms with Gasteiger partial charge in [0.15, 0.2) is 0 Å². The number of likely N-dealkylation sites (tertiary alicyclic amines) is 1. The van der Waals surface area contributed by atoms with E-state index < -0.39 is 0 Å². The molecule has 0 aliphatic carbocycles. The molecule has 2 aromatic heterocycles. The highest BCUT2D eigenvalue weighted by molar-refractivity contribution is 7.18. The van der Waals surface area contributed by atoms with Gasteiger partial charge in [-0.15, -0.1) is 22.7 Å². The van der Waals surface area contributed by atoms with Crippen LogP contribution >= 0.6 is 22.7 Å². The summed E-state index contributed by atoms with van der Waals surface area (Å²) in [5, 5.41) is 1.26. The van der Waals surface area contributed by atoms with Crippen LogP contribution in [0, 0.1) is 6.92 Å². The van der Waals surface area contributed by atoms with Gasteiger partial charge in [-0.3, -0.25) is 0 Å². The lowest BCUT2D eigenvalue weighted by atomic mass is 10.00. The molecule has 0 saturated carbocycles. The number of benzene rings is 2. The van der Waals surface area contributed by atoms with Crippen molar-refractivity contribution >= 4 is 43.1 Å². The molecule has 1 fully saturated rings. The lowest BCUT2D eigenvalue weighted by Crippen LogP contribution is -2.28. The maximum absolute atomic E-state index is 4.88. The third-order valence-electron chi connectivity index (χ3n) is 5.80. The second-order valence-electron chi connectivity index (χ2n) is 7.50. The molecule has 3 heterocycles. The Kier molecular flexibility index (Phi) is 4.46. The van der Waals surface area contributed by atoms with Crippen LogP contribution in [0.15, 0.2) is 35.8 Å². The Labute approximate surface area is 167 Å². The van der Waals surface area contributed by atoms with E-state index >= 15 is 0 Å². The van der Waals surface area contributed by atoms with Crippen molar-refractivity contribution in [1.82, 2.24) is 14.9 Å². The summed E-state index contributed by atoms with van der Waals surface area (Å²) in [4.78, 5) is 12.0. The fraction of sp³-hybridized carbons (Fsp3) is 0.364. The number of rotatable bonds is 4. The molecule has 4 aromatic rings. The monoisotopic (exact) mass is 393 g/mol. The Morgan fingerprint density at radius 1 is 1.19 bits per heavy atom. The molecule has 1 aliphatic heterocycles. The van der Waals surface area contributed by atoms with Crippen molar-refractivity contribution in [3.63, 3.8) is 0 Å². The molecular weight excluding hydrogens is 370 g/mol. The van der Waals surface area contributed by atoms with E-state index in [1.807, 2.05) is 16.8 Å². The molecule has 0 bridgehead atoms. The molecule has 1 atom stereocenters. The van der Waals surface area contributed by atoms with Gasteiger partial charge in [-0.05, 0) is 68.1 Å². The van der Waals surface area contributed by atoms with E-state index in [1.165, 1.54) is 50.5 Å². The number of thiazole rings is 2. The van der Waals surface area contributed by atoms with Gasteiger partial charge in [-0.2, -0.15) is 0 Å². The molecule has 5 rings (SSSR count). The molecule has 1 saturated heterocycles. The predicted octanol–water partition coefficient (Wildman–Crippen LogP) is 5.91. The highest BCUT2D eigenvalue weighted by Crippen LogP contribution is 2.34. The van der Waals surface area contributed by atoms with Gasteiger partial charge >= 0.3 is 0 Å². The summed E-state index contributed by atoms with van der Waals surface area (Å²) in [5.41, 5.74) is 7.99. The number of aromatic nitrogens is 2. The van der Waals surface area contributed by atoms with Crippen molar-refractivity contribution in [2.75, 3.05) is 13.1 Å². The number of nitrogens with zero attached hydrogens (tertiary/aromatic N) is 3. The normalized spacial score (nSPS) is 18.1. The first-order valence-corrected chi connectivity index (χ1v) is 11.4. The summed E-state index contributed by atoms with van der Waals surface area (Å²) in [6, 6.07) is 11.8. The van der Waals surface area contributed by atoms with E-state index in [0.717, 1.165) is 30.0 Å². The summed E-state index contributed by atoms with van der Waals surface area (Å²) in [6.07, 6.45) is 3.74. The molecule has 5 heteroatoms. The second kappa shape index (κ2) is 6.97. The average molecular weight is 394 g/mol. The van der Waals surface area contributed by atoms with Gasteiger partial charge in [-0.25, -0.2) is 9.97 Å². The molecule has 0 N–H and O–H groups in total. The van der Waals surface area contributed by atoms with Crippen LogP contribution in [0.5, 0.6) is 0 Å². The number of aryl methyl sites for hydroxylation is 1. The number of hydrogen-bond acceptors (Lipinski definition) is 5. The molecule has 1 unspecified atom stereocenters. The van der Waals surface area contributed by atoms with Gasteiger partial charge in [0.05, 0.1) is 31.0 Å². The van der Waals surface area contributed by atoms with Crippen LogP contribution in [-0.4, -0.2) is 34.0 Å². The summed E-state index contributed by atoms with van der Waals surface area (Å²) in [6.45, 7) is 6.90. The van der Waals surface area contributed by atoms with Crippen LogP contribution in [0.3, 0.4) is 0 Å². The van der Waals surface area contributed by atoms with Crippen molar-refractivity contribution < 1.29 is 0 Å². The fourth-order valence-electron chi connectivity index (χ4n) is 4.19. The Bertz CT molecular complexity index is 1110. The minimum absolute atomic E-state index is 0.731. The van der Waals surface area contributed by atoms with E-state index in [-0.39, 0.29) is 0 Å².